The molecule has 0 saturated carbocycles. The lowest BCUT2D eigenvalue weighted by Gasteiger charge is -2.22. The Morgan fingerprint density at radius 2 is 2.43 bits per heavy atom. The van der Waals surface area contributed by atoms with Crippen LogP contribution in [-0.2, 0) is 0 Å². The number of aromatic nitrogens is 2. The lowest BCUT2D eigenvalue weighted by Crippen LogP contribution is -2.19. The fourth-order valence-electron chi connectivity index (χ4n) is 1.74. The Kier molecular flexibility index (Phi) is 3.26. The van der Waals surface area contributed by atoms with Crippen LogP contribution in [0.3, 0.4) is 0 Å². The lowest BCUT2D eigenvalue weighted by atomic mass is 10.2. The van der Waals surface area contributed by atoms with Gasteiger partial charge in [0.15, 0.2) is 0 Å². The normalized spacial score (nSPS) is 22.6. The molecule has 2 rings (SSSR count). The summed E-state index contributed by atoms with van der Waals surface area (Å²) in [5, 5.41) is 4.50. The van der Waals surface area contributed by atoms with E-state index < -0.39 is 0 Å². The maximum atomic E-state index is 6.02. The minimum Gasteiger partial charge on any atom is -0.383 e. The number of anilines is 1. The number of aryl methyl sites for hydroxylation is 1. The van der Waals surface area contributed by atoms with Gasteiger partial charge in [-0.3, -0.25) is 0 Å². The summed E-state index contributed by atoms with van der Waals surface area (Å²) < 4.78 is 3.13. The van der Waals surface area contributed by atoms with E-state index in [1.54, 1.807) is 0 Å². The van der Waals surface area contributed by atoms with Crippen molar-refractivity contribution >= 4 is 40.2 Å². The van der Waals surface area contributed by atoms with Crippen molar-refractivity contribution < 1.29 is 0 Å². The summed E-state index contributed by atoms with van der Waals surface area (Å²) >= 11 is 4.27. The Bertz CT molecular complexity index is 331. The molecule has 2 heterocycles. The van der Waals surface area contributed by atoms with Gasteiger partial charge in [-0.25, -0.2) is 4.68 Å². The molecular weight excluding hydrogens is 309 g/mol. The Morgan fingerprint density at radius 3 is 2.93 bits per heavy atom. The lowest BCUT2D eigenvalue weighted by molar-refractivity contribution is 0.459. The molecule has 0 amide bonds. The molecule has 5 heteroatoms. The van der Waals surface area contributed by atoms with Crippen molar-refractivity contribution in [2.24, 2.45) is 0 Å². The van der Waals surface area contributed by atoms with Gasteiger partial charge >= 0.3 is 0 Å². The van der Waals surface area contributed by atoms with E-state index in [1.807, 2.05) is 23.4 Å². The Balaban J connectivity index is 2.26. The molecule has 1 aliphatic rings. The van der Waals surface area contributed by atoms with Gasteiger partial charge in [0.1, 0.15) is 5.82 Å². The van der Waals surface area contributed by atoms with Gasteiger partial charge in [-0.1, -0.05) is 0 Å². The molecule has 1 fully saturated rings. The first kappa shape index (κ1) is 10.6. The van der Waals surface area contributed by atoms with E-state index in [4.69, 9.17) is 5.73 Å². The number of thioether (sulfide) groups is 1. The highest BCUT2D eigenvalue weighted by Gasteiger charge is 2.20. The Labute approximate surface area is 102 Å². The van der Waals surface area contributed by atoms with Crippen LogP contribution in [0.5, 0.6) is 0 Å². The number of nitrogen functional groups attached to an aromatic ring is 1. The molecule has 3 nitrogen and oxygen atoms in total. The monoisotopic (exact) mass is 323 g/mol. The largest absolute Gasteiger partial charge is 0.383 e. The zero-order valence-corrected chi connectivity index (χ0v) is 11.1. The van der Waals surface area contributed by atoms with Crippen LogP contribution in [0.1, 0.15) is 24.6 Å². The Hall–Kier alpha value is 0.0900. The number of nitrogens with two attached hydrogens (primary N) is 1. The van der Waals surface area contributed by atoms with Gasteiger partial charge in [-0.05, 0) is 48.1 Å². The van der Waals surface area contributed by atoms with E-state index in [0.29, 0.717) is 6.04 Å². The fraction of sp³-hybridized carbons (Fsp3) is 0.667. The van der Waals surface area contributed by atoms with E-state index in [-0.39, 0.29) is 0 Å². The molecule has 0 aromatic carbocycles. The molecule has 1 atom stereocenters. The fourth-order valence-corrected chi connectivity index (χ4v) is 3.21. The summed E-state index contributed by atoms with van der Waals surface area (Å²) in [5.74, 6) is 3.28. The minimum atomic E-state index is 0.510. The molecule has 1 unspecified atom stereocenters. The molecule has 14 heavy (non-hydrogen) atoms. The first-order valence-corrected chi connectivity index (χ1v) is 7.01. The molecule has 1 aromatic heterocycles. The second-order valence-electron chi connectivity index (χ2n) is 3.60. The smallest absolute Gasteiger partial charge is 0.135 e. The molecule has 0 radical (unpaired) electrons. The SMILES string of the molecule is Cc1nn(C2CCCSC2)c(N)c1I. The van der Waals surface area contributed by atoms with Gasteiger partial charge in [-0.15, -0.1) is 0 Å². The van der Waals surface area contributed by atoms with Crippen LogP contribution >= 0.6 is 34.4 Å². The molecule has 0 aliphatic carbocycles. The topological polar surface area (TPSA) is 43.8 Å². The maximum Gasteiger partial charge on any atom is 0.135 e. The first-order valence-electron chi connectivity index (χ1n) is 4.78. The van der Waals surface area contributed by atoms with Crippen molar-refractivity contribution in [3.63, 3.8) is 0 Å². The average Bonchev–Trinajstić information content (AvgIpc) is 2.47. The van der Waals surface area contributed by atoms with Gasteiger partial charge in [0.05, 0.1) is 15.3 Å². The number of nitrogens with zero attached hydrogens (tertiary/aromatic N) is 2. The van der Waals surface area contributed by atoms with E-state index in [9.17, 15) is 0 Å². The summed E-state index contributed by atoms with van der Waals surface area (Å²) in [7, 11) is 0. The average molecular weight is 323 g/mol. The van der Waals surface area contributed by atoms with E-state index in [1.165, 1.54) is 18.6 Å². The second-order valence-corrected chi connectivity index (χ2v) is 5.83. The minimum absolute atomic E-state index is 0.510. The van der Waals surface area contributed by atoms with Crippen molar-refractivity contribution in [2.45, 2.75) is 25.8 Å². The third kappa shape index (κ3) is 1.88. The number of halogens is 1. The Morgan fingerprint density at radius 1 is 1.64 bits per heavy atom. The van der Waals surface area contributed by atoms with Crippen LogP contribution in [0.4, 0.5) is 5.82 Å². The molecule has 1 aliphatic heterocycles. The van der Waals surface area contributed by atoms with Crippen molar-refractivity contribution in [1.82, 2.24) is 9.78 Å². The maximum absolute atomic E-state index is 6.02. The predicted octanol–water partition coefficient (Wildman–Crippen LogP) is 2.45. The van der Waals surface area contributed by atoms with E-state index in [2.05, 4.69) is 27.7 Å². The van der Waals surface area contributed by atoms with Crippen molar-refractivity contribution in [2.75, 3.05) is 17.2 Å². The third-order valence-corrected chi connectivity index (χ3v) is 5.06. The zero-order valence-electron chi connectivity index (χ0n) is 8.16. The highest BCUT2D eigenvalue weighted by atomic mass is 127. The summed E-state index contributed by atoms with van der Waals surface area (Å²) in [5.41, 5.74) is 7.07. The number of rotatable bonds is 1. The summed E-state index contributed by atoms with van der Waals surface area (Å²) in [4.78, 5) is 0. The molecule has 78 valence electrons. The molecule has 2 N–H and O–H groups in total. The first-order chi connectivity index (χ1) is 6.70. The molecule has 0 bridgehead atoms. The highest BCUT2D eigenvalue weighted by Crippen LogP contribution is 2.30. The van der Waals surface area contributed by atoms with E-state index in [0.717, 1.165) is 20.8 Å². The van der Waals surface area contributed by atoms with Crippen molar-refractivity contribution in [3.8, 4) is 0 Å². The highest BCUT2D eigenvalue weighted by molar-refractivity contribution is 14.1. The van der Waals surface area contributed by atoms with Crippen LogP contribution in [0.25, 0.3) is 0 Å². The number of hydrogen-bond donors (Lipinski definition) is 1. The van der Waals surface area contributed by atoms with Crippen molar-refractivity contribution in [1.29, 1.82) is 0 Å². The number of hydrogen-bond acceptors (Lipinski definition) is 3. The van der Waals surface area contributed by atoms with Gasteiger partial charge < -0.3 is 5.73 Å². The molecule has 1 aromatic rings. The second kappa shape index (κ2) is 4.30. The quantitative estimate of drug-likeness (QED) is 0.808. The van der Waals surface area contributed by atoms with Crippen LogP contribution < -0.4 is 5.73 Å². The third-order valence-electron chi connectivity index (χ3n) is 2.53. The van der Waals surface area contributed by atoms with Crippen LogP contribution in [0.2, 0.25) is 0 Å². The summed E-state index contributed by atoms with van der Waals surface area (Å²) in [6, 6.07) is 0.510. The van der Waals surface area contributed by atoms with Crippen LogP contribution in [0, 0.1) is 10.5 Å². The molecule has 0 spiro atoms. The van der Waals surface area contributed by atoms with Crippen molar-refractivity contribution in [3.05, 3.63) is 9.26 Å². The van der Waals surface area contributed by atoms with Crippen LogP contribution in [-0.4, -0.2) is 21.3 Å². The molecule has 1 saturated heterocycles. The molecular formula is C9H14IN3S. The van der Waals surface area contributed by atoms with Gasteiger partial charge in [0, 0.05) is 5.75 Å². The van der Waals surface area contributed by atoms with E-state index >= 15 is 0 Å². The summed E-state index contributed by atoms with van der Waals surface area (Å²) in [6.45, 7) is 2.02. The van der Waals surface area contributed by atoms with Crippen LogP contribution in [0.15, 0.2) is 0 Å². The summed E-state index contributed by atoms with van der Waals surface area (Å²) in [6.07, 6.45) is 2.50. The van der Waals surface area contributed by atoms with Gasteiger partial charge in [-0.2, -0.15) is 16.9 Å². The van der Waals surface area contributed by atoms with Gasteiger partial charge in [0.25, 0.3) is 0 Å². The zero-order chi connectivity index (χ0) is 10.1. The standard InChI is InChI=1S/C9H14IN3S/c1-6-8(10)9(11)13(12-6)7-3-2-4-14-5-7/h7H,2-5,11H2,1H3. The predicted molar refractivity (Wildman–Crippen MR) is 69.7 cm³/mol. The van der Waals surface area contributed by atoms with Gasteiger partial charge in [0.2, 0.25) is 0 Å².